The lowest BCUT2D eigenvalue weighted by atomic mass is 9.89. The molecule has 0 bridgehead atoms. The van der Waals surface area contributed by atoms with Gasteiger partial charge in [0.1, 0.15) is 90.3 Å². The standard InChI is InChI=1S/C22H29N5O7.C12H13N5O4.C10H18O4.CH3F/c1-20(2,3)34-15(28)8-21(4,5)19(31)32-9-13-16(29)17(30)22(10-23,33-13)14-7-6-12-18(24)25-11-26-27(12)14;13-4-12(10(20)9(19)7(3-18)21-12)8-2-1-6-11(14)15-5-16-17(6)8;1-9(2,3)14-7(11)6-10(4,5)8(12)13;1-2/h6-7,11,13,16-17,29-30H,8-9H2,1-5H3,(H2,24,25,26);1-2,5,7,9-10,18-20H,3H2,(H2,14,15,16);6H2,1-5H3,(H,12,13);1H3/t13-,16-,17-,22+;7-,9-,10-,12+;;/m11../s1/i;;;1D. The Kier molecular flexibility index (Phi) is 18.1. The van der Waals surface area contributed by atoms with E-state index in [0.29, 0.717) is 11.0 Å². The normalized spacial score (nSPS) is 24.3. The molecule has 0 aliphatic carbocycles. The van der Waals surface area contributed by atoms with Crippen molar-refractivity contribution in [2.75, 3.05) is 31.8 Å². The molecule has 0 amide bonds. The third-order valence-corrected chi connectivity index (χ3v) is 10.7. The number of hydrogen-bond acceptors (Lipinski definition) is 22. The zero-order valence-corrected chi connectivity index (χ0v) is 40.9. The van der Waals surface area contributed by atoms with Crippen LogP contribution in [0, 0.1) is 33.5 Å². The average molecular weight is 1000 g/mol. The largest absolute Gasteiger partial charge is 0.481 e. The predicted octanol–water partition coefficient (Wildman–Crippen LogP) is 1.01. The van der Waals surface area contributed by atoms with Crippen LogP contribution in [0.15, 0.2) is 36.9 Å². The molecule has 2 saturated heterocycles. The Morgan fingerprint density at radius 1 is 0.746 bits per heavy atom. The summed E-state index contributed by atoms with van der Waals surface area (Å²) in [6, 6.07) is 9.92. The molecule has 2 aliphatic heterocycles. The van der Waals surface area contributed by atoms with Crippen molar-refractivity contribution in [3.8, 4) is 12.1 Å². The summed E-state index contributed by atoms with van der Waals surface area (Å²) in [6.07, 6.45) is -6.38. The maximum absolute atomic E-state index is 12.7. The molecule has 26 heteroatoms. The average Bonchev–Trinajstić information content (AvgIpc) is 4.03. The predicted molar refractivity (Wildman–Crippen MR) is 244 cm³/mol. The van der Waals surface area contributed by atoms with Crippen LogP contribution in [0.2, 0.25) is 0 Å². The summed E-state index contributed by atoms with van der Waals surface area (Å²) in [5.41, 5.74) is 5.32. The number of nitrogen functional groups attached to an aromatic ring is 2. The molecule has 6 rings (SSSR count). The Bertz CT molecular complexity index is 2640. The lowest BCUT2D eigenvalue weighted by Gasteiger charge is -2.26. The summed E-state index contributed by atoms with van der Waals surface area (Å²) in [7, 11) is -1.00. The van der Waals surface area contributed by atoms with Gasteiger partial charge in [-0.1, -0.05) is 0 Å². The van der Waals surface area contributed by atoms with Crippen molar-refractivity contribution in [2.45, 2.75) is 141 Å². The van der Waals surface area contributed by atoms with E-state index in [-0.39, 0.29) is 35.9 Å². The van der Waals surface area contributed by atoms with Gasteiger partial charge in [-0.2, -0.15) is 20.7 Å². The lowest BCUT2D eigenvalue weighted by Crippen LogP contribution is -2.41. The number of hydrogen-bond donors (Lipinski definition) is 8. The fourth-order valence-corrected chi connectivity index (χ4v) is 7.09. The van der Waals surface area contributed by atoms with Crippen molar-refractivity contribution in [2.24, 2.45) is 10.8 Å². The number of aromatic nitrogens is 6. The number of rotatable bonds is 11. The molecule has 2 fully saturated rings. The Balaban J connectivity index is 0.000000306. The minimum atomic E-state index is -2.00. The Morgan fingerprint density at radius 2 is 1.13 bits per heavy atom. The SMILES string of the molecule is CC(C)(C)OC(=O)CC(C)(C)C(=O)O.CC(C)(C)OC(=O)CC(C)(C)C(=O)OC[C@H]1O[C@@](C#N)(c2ccc3c(N)ncnn23)[C@H](O)[C@@H]1O.N#C[C@@]1(c2ccc3c(N)ncnn23)O[C@H](CO)[C@@H](O)[C@H]1O.[2H]CF. The quantitative estimate of drug-likeness (QED) is 0.0767. The molecule has 0 saturated carbocycles. The van der Waals surface area contributed by atoms with Gasteiger partial charge in [0.25, 0.3) is 0 Å². The van der Waals surface area contributed by atoms with Crippen LogP contribution in [-0.4, -0.2) is 152 Å². The molecule has 6 heterocycles. The van der Waals surface area contributed by atoms with E-state index >= 15 is 0 Å². The van der Waals surface area contributed by atoms with E-state index in [9.17, 15) is 59.6 Å². The van der Waals surface area contributed by atoms with Crippen molar-refractivity contribution in [1.82, 2.24) is 29.2 Å². The fourth-order valence-electron chi connectivity index (χ4n) is 7.09. The molecule has 71 heavy (non-hydrogen) atoms. The first-order valence-electron chi connectivity index (χ1n) is 22.3. The molecular weight excluding hydrogens is 940 g/mol. The third kappa shape index (κ3) is 13.2. The molecule has 4 aromatic heterocycles. The smallest absolute Gasteiger partial charge is 0.312 e. The molecule has 8 atom stereocenters. The summed E-state index contributed by atoms with van der Waals surface area (Å²) in [5.74, 6) is -2.41. The number of aliphatic hydroxyl groups excluding tert-OH is 5. The number of ether oxygens (including phenoxy) is 5. The van der Waals surface area contributed by atoms with E-state index in [1.165, 1.54) is 61.5 Å². The van der Waals surface area contributed by atoms with Crippen LogP contribution in [0.1, 0.15) is 94.8 Å². The van der Waals surface area contributed by atoms with E-state index in [1.54, 1.807) is 53.7 Å². The molecule has 0 radical (unpaired) electrons. The number of carboxylic acids is 1. The van der Waals surface area contributed by atoms with Crippen LogP contribution >= 0.6 is 0 Å². The molecule has 25 nitrogen and oxygen atoms in total. The van der Waals surface area contributed by atoms with E-state index in [1.807, 2.05) is 12.1 Å². The van der Waals surface area contributed by atoms with E-state index in [4.69, 9.17) is 41.6 Å². The number of nitrogens with two attached hydrogens (primary N) is 2. The van der Waals surface area contributed by atoms with E-state index < -0.39 is 114 Å². The van der Waals surface area contributed by atoms with Crippen molar-refractivity contribution in [3.63, 3.8) is 0 Å². The van der Waals surface area contributed by atoms with Crippen molar-refractivity contribution in [3.05, 3.63) is 48.3 Å². The second-order valence-corrected chi connectivity index (χ2v) is 19.6. The Labute approximate surface area is 409 Å². The maximum Gasteiger partial charge on any atom is 0.312 e. The van der Waals surface area contributed by atoms with Crippen LogP contribution in [0.5, 0.6) is 0 Å². The number of anilines is 2. The zero-order chi connectivity index (χ0) is 54.9. The highest BCUT2D eigenvalue weighted by molar-refractivity contribution is 5.83. The summed E-state index contributed by atoms with van der Waals surface area (Å²) in [5, 5.41) is 86.9. The highest BCUT2D eigenvalue weighted by atomic mass is 19.1. The monoisotopic (exact) mass is 1000 g/mol. The van der Waals surface area contributed by atoms with Crippen molar-refractivity contribution < 1.29 is 79.3 Å². The first-order chi connectivity index (χ1) is 33.2. The van der Waals surface area contributed by atoms with Crippen LogP contribution in [-0.2, 0) is 54.1 Å². The maximum atomic E-state index is 12.7. The van der Waals surface area contributed by atoms with Gasteiger partial charge in [0.05, 0.1) is 50.2 Å². The number of halogens is 1. The van der Waals surface area contributed by atoms with Crippen LogP contribution in [0.4, 0.5) is 16.0 Å². The molecule has 0 spiro atoms. The summed E-state index contributed by atoms with van der Waals surface area (Å²) in [4.78, 5) is 54.5. The van der Waals surface area contributed by atoms with E-state index in [0.717, 1.165) is 0 Å². The molecular formula is C45H63FN10O15. The van der Waals surface area contributed by atoms with Crippen LogP contribution in [0.25, 0.3) is 11.0 Å². The number of fused-ring (bicyclic) bond motifs is 2. The number of carboxylic acid groups (broad SMARTS) is 1. The second kappa shape index (κ2) is 22.6. The minimum Gasteiger partial charge on any atom is -0.481 e. The van der Waals surface area contributed by atoms with Gasteiger partial charge in [-0.05, 0) is 93.5 Å². The number of carbonyl (C=O) groups excluding carboxylic acids is 3. The van der Waals surface area contributed by atoms with Gasteiger partial charge >= 0.3 is 23.9 Å². The minimum absolute atomic E-state index is 0.112. The van der Waals surface area contributed by atoms with Crippen LogP contribution in [0.3, 0.4) is 0 Å². The highest BCUT2D eigenvalue weighted by Crippen LogP contribution is 2.42. The van der Waals surface area contributed by atoms with Gasteiger partial charge < -0.3 is 65.8 Å². The topological polar surface area (TPSA) is 396 Å². The van der Waals surface area contributed by atoms with E-state index in [2.05, 4.69) is 20.2 Å². The fraction of sp³-hybridized carbons (Fsp3) is 0.600. The zero-order valence-electron chi connectivity index (χ0n) is 41.9. The molecule has 2 aliphatic rings. The van der Waals surface area contributed by atoms with Crippen LogP contribution < -0.4 is 11.5 Å². The van der Waals surface area contributed by atoms with Gasteiger partial charge in [0.15, 0.2) is 11.6 Å². The molecule has 0 unspecified atom stereocenters. The first-order valence-corrected chi connectivity index (χ1v) is 21.6. The van der Waals surface area contributed by atoms with Gasteiger partial charge in [0, 0.05) is 0 Å². The second-order valence-electron chi connectivity index (χ2n) is 19.6. The molecule has 4 aromatic rings. The Morgan fingerprint density at radius 3 is 1.48 bits per heavy atom. The molecule has 0 aromatic carbocycles. The number of nitriles is 2. The summed E-state index contributed by atoms with van der Waals surface area (Å²) >= 11 is 0. The number of aliphatic carboxylic acids is 1. The van der Waals surface area contributed by atoms with Gasteiger partial charge in [-0.25, -0.2) is 19.0 Å². The van der Waals surface area contributed by atoms with Gasteiger partial charge in [-0.3, -0.25) is 23.6 Å². The molecule has 390 valence electrons. The molecule has 10 N–H and O–H groups in total. The lowest BCUT2D eigenvalue weighted by molar-refractivity contribution is -0.169. The summed E-state index contributed by atoms with van der Waals surface area (Å²) in [6.45, 7) is 15.5. The van der Waals surface area contributed by atoms with Gasteiger partial charge in [-0.15, -0.1) is 0 Å². The number of esters is 3. The first kappa shape index (κ1) is 56.9. The highest BCUT2D eigenvalue weighted by Gasteiger charge is 2.59. The van der Waals surface area contributed by atoms with Crippen molar-refractivity contribution in [1.29, 1.82) is 10.5 Å². The van der Waals surface area contributed by atoms with Crippen molar-refractivity contribution >= 4 is 46.5 Å². The number of alkyl halides is 1. The summed E-state index contributed by atoms with van der Waals surface area (Å²) < 4.78 is 44.9. The number of nitrogens with zero attached hydrogens (tertiary/aromatic N) is 8. The number of carbonyl (C=O) groups is 4. The number of aliphatic hydroxyl groups is 5. The Hall–Kier alpha value is -6.65. The van der Waals surface area contributed by atoms with Gasteiger partial charge in [0.2, 0.25) is 11.2 Å². The third-order valence-electron chi connectivity index (χ3n) is 10.7.